The van der Waals surface area contributed by atoms with Gasteiger partial charge in [0.1, 0.15) is 5.82 Å². The Kier molecular flexibility index (Phi) is 7.06. The fourth-order valence-electron chi connectivity index (χ4n) is 6.17. The van der Waals surface area contributed by atoms with Gasteiger partial charge in [-0.1, -0.05) is 50.2 Å². The quantitative estimate of drug-likeness (QED) is 0.419. The van der Waals surface area contributed by atoms with E-state index >= 15 is 0 Å². The molecule has 4 heterocycles. The van der Waals surface area contributed by atoms with Crippen LogP contribution < -0.4 is 10.6 Å². The normalized spacial score (nSPS) is 22.3. The van der Waals surface area contributed by atoms with Gasteiger partial charge in [0.2, 0.25) is 0 Å². The number of ether oxygens (including phenoxy) is 1. The molecule has 2 aromatic carbocycles. The maximum Gasteiger partial charge on any atom is 0.324 e. The third-order valence-corrected chi connectivity index (χ3v) is 7.92. The first-order chi connectivity index (χ1) is 19.0. The number of carbonyl (C=O) groups excluding carboxylic acids is 2. The SMILES string of the molecule is CC(C)C[C@H]1COC2c3c(NC(=O)Nc4cc(C5CCN(Cc6ccccc6)C5)ccn4)cccc3C(=O)N21. The first-order valence-corrected chi connectivity index (χ1v) is 13.8. The zero-order chi connectivity index (χ0) is 26.9. The maximum absolute atomic E-state index is 13.2. The van der Waals surface area contributed by atoms with Gasteiger partial charge in [-0.05, 0) is 66.6 Å². The van der Waals surface area contributed by atoms with Crippen molar-refractivity contribution in [3.05, 3.63) is 89.1 Å². The van der Waals surface area contributed by atoms with Crippen molar-refractivity contribution >= 4 is 23.4 Å². The van der Waals surface area contributed by atoms with E-state index in [0.29, 0.717) is 35.5 Å². The number of benzene rings is 2. The monoisotopic (exact) mass is 525 g/mol. The van der Waals surface area contributed by atoms with Crippen LogP contribution in [0.3, 0.4) is 0 Å². The minimum absolute atomic E-state index is 0.0329. The fraction of sp³-hybridized carbons (Fsp3) is 0.387. The number of likely N-dealkylation sites (tertiary alicyclic amines) is 1. The van der Waals surface area contributed by atoms with Crippen LogP contribution in [0.4, 0.5) is 16.3 Å². The second-order valence-electron chi connectivity index (χ2n) is 11.2. The predicted molar refractivity (Wildman–Crippen MR) is 151 cm³/mol. The maximum atomic E-state index is 13.2. The summed E-state index contributed by atoms with van der Waals surface area (Å²) >= 11 is 0. The number of fused-ring (bicyclic) bond motifs is 3. The third-order valence-electron chi connectivity index (χ3n) is 7.92. The van der Waals surface area contributed by atoms with E-state index in [4.69, 9.17) is 4.74 Å². The molecule has 202 valence electrons. The van der Waals surface area contributed by atoms with E-state index in [0.717, 1.165) is 38.0 Å². The number of urea groups is 1. The first kappa shape index (κ1) is 25.5. The Balaban J connectivity index is 1.11. The summed E-state index contributed by atoms with van der Waals surface area (Å²) in [5.74, 6) is 1.32. The van der Waals surface area contributed by atoms with Crippen LogP contribution in [0.1, 0.15) is 65.9 Å². The topological polar surface area (TPSA) is 86.8 Å². The second-order valence-corrected chi connectivity index (χ2v) is 11.2. The minimum atomic E-state index is -0.463. The molecule has 39 heavy (non-hydrogen) atoms. The smallest absolute Gasteiger partial charge is 0.324 e. The van der Waals surface area contributed by atoms with E-state index < -0.39 is 12.3 Å². The van der Waals surface area contributed by atoms with E-state index in [1.165, 1.54) is 11.1 Å². The van der Waals surface area contributed by atoms with Gasteiger partial charge in [-0.2, -0.15) is 0 Å². The molecule has 2 saturated heterocycles. The van der Waals surface area contributed by atoms with Crippen LogP contribution in [0.5, 0.6) is 0 Å². The Bertz CT molecular complexity index is 1360. The molecule has 3 amide bonds. The van der Waals surface area contributed by atoms with Crippen LogP contribution in [-0.4, -0.2) is 52.5 Å². The summed E-state index contributed by atoms with van der Waals surface area (Å²) in [7, 11) is 0. The Morgan fingerprint density at radius 2 is 1.95 bits per heavy atom. The second kappa shape index (κ2) is 10.8. The fourth-order valence-corrected chi connectivity index (χ4v) is 6.17. The molecule has 2 fully saturated rings. The molecule has 0 aliphatic carbocycles. The molecule has 6 rings (SSSR count). The van der Waals surface area contributed by atoms with Crippen LogP contribution >= 0.6 is 0 Å². The molecule has 0 spiro atoms. The summed E-state index contributed by atoms with van der Waals surface area (Å²) in [6.07, 6.45) is 3.24. The van der Waals surface area contributed by atoms with Crippen molar-refractivity contribution in [2.45, 2.75) is 51.4 Å². The summed E-state index contributed by atoms with van der Waals surface area (Å²) < 4.78 is 6.06. The average Bonchev–Trinajstić information content (AvgIpc) is 3.62. The molecule has 8 heteroatoms. The lowest BCUT2D eigenvalue weighted by Gasteiger charge is -2.23. The Hall–Kier alpha value is -3.75. The number of anilines is 2. The average molecular weight is 526 g/mol. The highest BCUT2D eigenvalue weighted by atomic mass is 16.5. The van der Waals surface area contributed by atoms with Crippen LogP contribution in [-0.2, 0) is 11.3 Å². The highest BCUT2D eigenvalue weighted by Gasteiger charge is 2.47. The van der Waals surface area contributed by atoms with Crippen LogP contribution in [0.2, 0.25) is 0 Å². The molecule has 3 aliphatic heterocycles. The van der Waals surface area contributed by atoms with E-state index in [2.05, 4.69) is 58.6 Å². The largest absolute Gasteiger partial charge is 0.352 e. The van der Waals surface area contributed by atoms with Crippen molar-refractivity contribution in [1.82, 2.24) is 14.8 Å². The van der Waals surface area contributed by atoms with Crippen LogP contribution in [0.25, 0.3) is 0 Å². The highest BCUT2D eigenvalue weighted by molar-refractivity contribution is 6.05. The lowest BCUT2D eigenvalue weighted by atomic mass is 9.99. The number of aromatic nitrogens is 1. The van der Waals surface area contributed by atoms with Gasteiger partial charge in [-0.15, -0.1) is 0 Å². The number of rotatable bonds is 7. The molecular weight excluding hydrogens is 490 g/mol. The van der Waals surface area contributed by atoms with Crippen molar-refractivity contribution in [3.8, 4) is 0 Å². The molecule has 3 aromatic rings. The van der Waals surface area contributed by atoms with Crippen LogP contribution in [0.15, 0.2) is 66.9 Å². The van der Waals surface area contributed by atoms with Gasteiger partial charge in [-0.3, -0.25) is 15.0 Å². The van der Waals surface area contributed by atoms with Crippen molar-refractivity contribution in [2.24, 2.45) is 5.92 Å². The highest BCUT2D eigenvalue weighted by Crippen LogP contribution is 2.45. The first-order valence-electron chi connectivity index (χ1n) is 13.8. The van der Waals surface area contributed by atoms with Gasteiger partial charge in [0, 0.05) is 30.4 Å². The molecule has 0 saturated carbocycles. The number of hydrogen-bond acceptors (Lipinski definition) is 5. The van der Waals surface area contributed by atoms with Crippen molar-refractivity contribution < 1.29 is 14.3 Å². The van der Waals surface area contributed by atoms with E-state index in [-0.39, 0.29) is 11.9 Å². The predicted octanol–water partition coefficient (Wildman–Crippen LogP) is 5.61. The van der Waals surface area contributed by atoms with Gasteiger partial charge in [0.05, 0.1) is 18.3 Å². The zero-order valence-corrected chi connectivity index (χ0v) is 22.5. The molecule has 2 unspecified atom stereocenters. The molecule has 3 atom stereocenters. The Morgan fingerprint density at radius 3 is 2.77 bits per heavy atom. The molecule has 8 nitrogen and oxygen atoms in total. The number of hydrogen-bond donors (Lipinski definition) is 2. The van der Waals surface area contributed by atoms with Gasteiger partial charge in [-0.25, -0.2) is 9.78 Å². The molecule has 3 aliphatic rings. The van der Waals surface area contributed by atoms with Gasteiger partial charge in [0.25, 0.3) is 5.91 Å². The number of nitrogens with one attached hydrogen (secondary N) is 2. The van der Waals surface area contributed by atoms with E-state index in [1.54, 1.807) is 12.3 Å². The van der Waals surface area contributed by atoms with E-state index in [1.807, 2.05) is 35.2 Å². The lowest BCUT2D eigenvalue weighted by Crippen LogP contribution is -2.34. The van der Waals surface area contributed by atoms with Gasteiger partial charge >= 0.3 is 6.03 Å². The zero-order valence-electron chi connectivity index (χ0n) is 22.5. The van der Waals surface area contributed by atoms with Crippen molar-refractivity contribution in [3.63, 3.8) is 0 Å². The molecule has 1 aromatic heterocycles. The third kappa shape index (κ3) is 5.27. The molecule has 0 radical (unpaired) electrons. The number of carbonyl (C=O) groups is 2. The van der Waals surface area contributed by atoms with E-state index in [9.17, 15) is 9.59 Å². The number of amides is 3. The summed E-state index contributed by atoms with van der Waals surface area (Å²) in [5.41, 5.74) is 4.40. The van der Waals surface area contributed by atoms with Crippen molar-refractivity contribution in [2.75, 3.05) is 30.3 Å². The minimum Gasteiger partial charge on any atom is -0.352 e. The Morgan fingerprint density at radius 1 is 1.10 bits per heavy atom. The summed E-state index contributed by atoms with van der Waals surface area (Å²) in [5, 5.41) is 5.83. The van der Waals surface area contributed by atoms with Crippen LogP contribution in [0, 0.1) is 5.92 Å². The molecule has 2 N–H and O–H groups in total. The molecular formula is C31H35N5O3. The standard InChI is InChI=1S/C31H35N5O3/c1-20(2)15-24-19-39-30-28-25(29(37)36(24)30)9-6-10-26(28)33-31(38)34-27-16-22(11-13-32-27)23-12-14-35(18-23)17-21-7-4-3-5-8-21/h3-11,13,16,20,23-24,30H,12,14-15,17-19H2,1-2H3,(H2,32,33,34,38)/t23?,24-,30?/m0/s1. The number of nitrogens with zero attached hydrogens (tertiary/aromatic N) is 3. The summed E-state index contributed by atoms with van der Waals surface area (Å²) in [4.78, 5) is 34.9. The molecule has 0 bridgehead atoms. The summed E-state index contributed by atoms with van der Waals surface area (Å²) in [6.45, 7) is 7.77. The number of pyridine rings is 1. The summed E-state index contributed by atoms with van der Waals surface area (Å²) in [6, 6.07) is 19.6. The van der Waals surface area contributed by atoms with Crippen molar-refractivity contribution in [1.29, 1.82) is 0 Å². The lowest BCUT2D eigenvalue weighted by molar-refractivity contribution is 0.0350. The van der Waals surface area contributed by atoms with Gasteiger partial charge in [0.15, 0.2) is 6.23 Å². The van der Waals surface area contributed by atoms with Gasteiger partial charge < -0.3 is 15.0 Å². The Labute approximate surface area is 229 Å².